The fourth-order valence-corrected chi connectivity index (χ4v) is 6.70. The van der Waals surface area contributed by atoms with Gasteiger partial charge in [-0.25, -0.2) is 13.6 Å². The molecule has 0 bridgehead atoms. The Bertz CT molecular complexity index is 1620. The maximum atomic E-state index is 15.3. The van der Waals surface area contributed by atoms with E-state index >= 15 is 4.39 Å². The second kappa shape index (κ2) is 9.52. The first-order valence-corrected chi connectivity index (χ1v) is 13.5. The van der Waals surface area contributed by atoms with Gasteiger partial charge in [-0.1, -0.05) is 24.3 Å². The summed E-state index contributed by atoms with van der Waals surface area (Å²) in [5.74, 6) is -2.48. The second-order valence-corrected chi connectivity index (χ2v) is 10.5. The van der Waals surface area contributed by atoms with E-state index in [4.69, 9.17) is 18.9 Å². The summed E-state index contributed by atoms with van der Waals surface area (Å²) in [6.45, 7) is 0.366. The molecule has 1 amide bonds. The number of ether oxygens (including phenoxy) is 4. The predicted molar refractivity (Wildman–Crippen MR) is 136 cm³/mol. The molecule has 2 aromatic carbocycles. The maximum absolute atomic E-state index is 15.3. The number of carbonyl (C=O) groups excluding carboxylic acids is 2. The Kier molecular flexibility index (Phi) is 5.93. The van der Waals surface area contributed by atoms with E-state index in [1.54, 1.807) is 11.0 Å². The summed E-state index contributed by atoms with van der Waals surface area (Å²) in [5.41, 5.74) is 0.843. The topological polar surface area (TPSA) is 99.5 Å². The first kappa shape index (κ1) is 24.9. The fraction of sp³-hybridized carbons (Fsp3) is 0.296. The maximum Gasteiger partial charge on any atom is 0.511 e. The average Bonchev–Trinajstić information content (AvgIpc) is 3.30. The molecule has 1 aromatic heterocycles. The van der Waals surface area contributed by atoms with Crippen molar-refractivity contribution in [3.05, 3.63) is 92.9 Å². The second-order valence-electron chi connectivity index (χ2n) is 9.52. The van der Waals surface area contributed by atoms with Crippen molar-refractivity contribution in [2.45, 2.75) is 29.1 Å². The molecule has 0 saturated carbocycles. The number of thioether (sulfide) groups is 1. The van der Waals surface area contributed by atoms with Gasteiger partial charge in [-0.05, 0) is 23.3 Å². The zero-order valence-corrected chi connectivity index (χ0v) is 21.6. The molecule has 0 spiro atoms. The van der Waals surface area contributed by atoms with Crippen LogP contribution in [-0.4, -0.2) is 60.5 Å². The van der Waals surface area contributed by atoms with Crippen LogP contribution in [0.1, 0.15) is 33.2 Å². The summed E-state index contributed by atoms with van der Waals surface area (Å²) < 4.78 is 52.5. The predicted octanol–water partition coefficient (Wildman–Crippen LogP) is 3.14. The molecule has 10 nitrogen and oxygen atoms in total. The molecule has 0 radical (unpaired) electrons. The first-order chi connectivity index (χ1) is 19.4. The third-order valence-corrected chi connectivity index (χ3v) is 8.46. The van der Waals surface area contributed by atoms with E-state index < -0.39 is 47.6 Å². The van der Waals surface area contributed by atoms with Crippen LogP contribution in [0.3, 0.4) is 0 Å². The van der Waals surface area contributed by atoms with Crippen LogP contribution in [-0.2, 0) is 20.0 Å². The number of halogens is 2. The molecule has 0 N–H and O–H groups in total. The van der Waals surface area contributed by atoms with Gasteiger partial charge in [0.25, 0.3) is 12.2 Å². The average molecular weight is 570 g/mol. The Labute approximate surface area is 229 Å². The lowest BCUT2D eigenvalue weighted by Gasteiger charge is -2.51. The molecule has 5 heterocycles. The van der Waals surface area contributed by atoms with Crippen molar-refractivity contribution in [2.75, 3.05) is 31.4 Å². The third kappa shape index (κ3) is 3.83. The van der Waals surface area contributed by atoms with Crippen molar-refractivity contribution in [3.8, 4) is 5.75 Å². The zero-order chi connectivity index (χ0) is 27.5. The molecule has 4 aliphatic rings. The molecule has 1 unspecified atom stereocenters. The summed E-state index contributed by atoms with van der Waals surface area (Å²) in [6, 6.07) is 10.7. The van der Waals surface area contributed by atoms with Gasteiger partial charge >= 0.3 is 6.16 Å². The number of fused-ring (bicyclic) bond motifs is 4. The fourth-order valence-electron chi connectivity index (χ4n) is 5.59. The van der Waals surface area contributed by atoms with Gasteiger partial charge in [-0.15, -0.1) is 11.8 Å². The molecule has 3 aromatic rings. The van der Waals surface area contributed by atoms with Gasteiger partial charge in [0.2, 0.25) is 11.2 Å². The van der Waals surface area contributed by atoms with E-state index in [1.807, 2.05) is 29.3 Å². The van der Waals surface area contributed by atoms with Gasteiger partial charge in [0.05, 0.1) is 19.3 Å². The molecule has 2 fully saturated rings. The zero-order valence-electron chi connectivity index (χ0n) is 20.7. The standard InChI is InChI=1S/C27H21F2N3O7S/c28-17-6-5-14-16(22(17)29)13-40-19-4-2-1-3-15(19)23(14)32-20-11-36-10-9-30(20)26(34)24-25(18(33)7-8-31(24)32)38-21-12-37-27(35)39-21/h1-8,20-21,23H,9-13H2/t20-,21?,23+/m1/s1. The SMILES string of the molecule is O=C1OCC(Oc2c3n(ccc2=O)N([C@@H]2c4ccccc4SCc4c2ccc(F)c4F)[C@@H]2COCCN2C3=O)O1. The van der Waals surface area contributed by atoms with Gasteiger partial charge < -0.3 is 23.8 Å². The molecule has 3 atom stereocenters. The number of morpholine rings is 1. The van der Waals surface area contributed by atoms with Crippen LogP contribution in [0.4, 0.5) is 13.6 Å². The molecule has 206 valence electrons. The lowest BCUT2D eigenvalue weighted by molar-refractivity contribution is -0.0227. The number of rotatable bonds is 3. The number of aromatic nitrogens is 1. The summed E-state index contributed by atoms with van der Waals surface area (Å²) in [7, 11) is 0. The van der Waals surface area contributed by atoms with Crippen LogP contribution in [0.15, 0.2) is 58.4 Å². The highest BCUT2D eigenvalue weighted by atomic mass is 32.2. The highest BCUT2D eigenvalue weighted by molar-refractivity contribution is 7.98. The van der Waals surface area contributed by atoms with Crippen molar-refractivity contribution >= 4 is 23.8 Å². The van der Waals surface area contributed by atoms with Gasteiger partial charge in [-0.3, -0.25) is 19.3 Å². The molecular formula is C27H21F2N3O7S. The Hall–Kier alpha value is -4.10. The normalized spacial score (nSPS) is 23.3. The molecule has 7 rings (SSSR count). The van der Waals surface area contributed by atoms with E-state index in [0.29, 0.717) is 5.56 Å². The molecule has 13 heteroatoms. The molecule has 0 aliphatic carbocycles. The quantitative estimate of drug-likeness (QED) is 0.441. The van der Waals surface area contributed by atoms with Crippen LogP contribution in [0.2, 0.25) is 0 Å². The lowest BCUT2D eigenvalue weighted by atomic mass is 9.93. The van der Waals surface area contributed by atoms with E-state index in [9.17, 15) is 18.8 Å². The lowest BCUT2D eigenvalue weighted by Crippen LogP contribution is -2.66. The number of amides is 1. The number of hydrogen-bond acceptors (Lipinski definition) is 9. The minimum Gasteiger partial charge on any atom is -0.444 e. The Morgan fingerprint density at radius 1 is 1.00 bits per heavy atom. The van der Waals surface area contributed by atoms with Gasteiger partial charge in [0, 0.05) is 35.0 Å². The summed E-state index contributed by atoms with van der Waals surface area (Å²) in [4.78, 5) is 40.9. The summed E-state index contributed by atoms with van der Waals surface area (Å²) >= 11 is 1.39. The van der Waals surface area contributed by atoms with Crippen LogP contribution in [0.25, 0.3) is 0 Å². The Morgan fingerprint density at radius 3 is 2.67 bits per heavy atom. The minimum absolute atomic E-state index is 0.0906. The van der Waals surface area contributed by atoms with Crippen LogP contribution < -0.4 is 15.2 Å². The third-order valence-electron chi connectivity index (χ3n) is 7.35. The van der Waals surface area contributed by atoms with Gasteiger partial charge in [-0.2, -0.15) is 0 Å². The van der Waals surface area contributed by atoms with Crippen molar-refractivity contribution in [2.24, 2.45) is 0 Å². The summed E-state index contributed by atoms with van der Waals surface area (Å²) in [5, 5.41) is 1.83. The number of benzene rings is 2. The monoisotopic (exact) mass is 569 g/mol. The Balaban J connectivity index is 1.47. The number of cyclic esters (lactones) is 2. The summed E-state index contributed by atoms with van der Waals surface area (Å²) in [6.07, 6.45) is -1.37. The van der Waals surface area contributed by atoms with Crippen LogP contribution >= 0.6 is 11.8 Å². The highest BCUT2D eigenvalue weighted by Gasteiger charge is 2.47. The number of nitrogens with zero attached hydrogens (tertiary/aromatic N) is 3. The van der Waals surface area contributed by atoms with Crippen molar-refractivity contribution in [1.29, 1.82) is 0 Å². The van der Waals surface area contributed by atoms with E-state index in [0.717, 1.165) is 16.5 Å². The van der Waals surface area contributed by atoms with Gasteiger partial charge in [0.15, 0.2) is 23.9 Å². The van der Waals surface area contributed by atoms with Gasteiger partial charge in [0.1, 0.15) is 6.17 Å². The van der Waals surface area contributed by atoms with Crippen LogP contribution in [0.5, 0.6) is 5.75 Å². The first-order valence-electron chi connectivity index (χ1n) is 12.5. The molecule has 2 saturated heterocycles. The number of pyridine rings is 1. The largest absolute Gasteiger partial charge is 0.511 e. The minimum atomic E-state index is -1.22. The molecular weight excluding hydrogens is 548 g/mol. The number of hydrogen-bond donors (Lipinski definition) is 0. The van der Waals surface area contributed by atoms with E-state index in [1.165, 1.54) is 28.7 Å². The Morgan fingerprint density at radius 2 is 1.85 bits per heavy atom. The van der Waals surface area contributed by atoms with Crippen LogP contribution in [0, 0.1) is 11.6 Å². The van der Waals surface area contributed by atoms with Crippen molar-refractivity contribution in [1.82, 2.24) is 9.58 Å². The van der Waals surface area contributed by atoms with E-state index in [2.05, 4.69) is 0 Å². The number of carbonyl (C=O) groups is 2. The molecule has 4 aliphatic heterocycles. The van der Waals surface area contributed by atoms with Crippen molar-refractivity contribution < 1.29 is 37.3 Å². The smallest absolute Gasteiger partial charge is 0.444 e. The van der Waals surface area contributed by atoms with Crippen molar-refractivity contribution in [3.63, 3.8) is 0 Å². The van der Waals surface area contributed by atoms with E-state index in [-0.39, 0.29) is 49.1 Å². The molecule has 40 heavy (non-hydrogen) atoms. The highest BCUT2D eigenvalue weighted by Crippen LogP contribution is 2.45.